The maximum Gasteiger partial charge on any atom is 0.356 e. The monoisotopic (exact) mass is 324 g/mol. The zero-order valence-corrected chi connectivity index (χ0v) is 12.2. The molecule has 4 nitrogen and oxygen atoms in total. The smallest absolute Gasteiger partial charge is 0.356 e. The summed E-state index contributed by atoms with van der Waals surface area (Å²) in [5.41, 5.74) is 0. The Morgan fingerprint density at radius 2 is 1.90 bits per heavy atom. The largest absolute Gasteiger partial charge is 0.485 e. The molecule has 1 heterocycles. The predicted octanol–water partition coefficient (Wildman–Crippen LogP) is 3.74. The van der Waals surface area contributed by atoms with Crippen molar-refractivity contribution in [1.29, 1.82) is 0 Å². The Hall–Kier alpha value is -1.91. The molecule has 1 aliphatic rings. The molecule has 0 radical (unpaired) electrons. The van der Waals surface area contributed by atoms with Crippen LogP contribution in [0, 0.1) is 0 Å². The summed E-state index contributed by atoms with van der Waals surface area (Å²) in [4.78, 5) is 12.1. The van der Waals surface area contributed by atoms with E-state index in [1.165, 1.54) is 12.1 Å². The summed E-state index contributed by atoms with van der Waals surface area (Å²) in [5.74, 6) is 0.765. The van der Waals surface area contributed by atoms with Gasteiger partial charge in [-0.05, 0) is 30.3 Å². The quantitative estimate of drug-likeness (QED) is 0.623. The van der Waals surface area contributed by atoms with E-state index in [0.717, 1.165) is 0 Å². The van der Waals surface area contributed by atoms with Gasteiger partial charge >= 0.3 is 5.97 Å². The number of fused-ring (bicyclic) bond motifs is 1. The first kappa shape index (κ1) is 14.0. The summed E-state index contributed by atoms with van der Waals surface area (Å²) in [7, 11) is 0. The molecule has 0 aromatic heterocycles. The van der Waals surface area contributed by atoms with Crippen LogP contribution in [0.15, 0.2) is 42.5 Å². The second kappa shape index (κ2) is 5.84. The molecule has 1 aliphatic heterocycles. The molecule has 3 rings (SSSR count). The zero-order valence-electron chi connectivity index (χ0n) is 10.7. The molecule has 1 atom stereocenters. The van der Waals surface area contributed by atoms with Gasteiger partial charge in [-0.3, -0.25) is 0 Å². The van der Waals surface area contributed by atoms with Gasteiger partial charge in [0.15, 0.2) is 11.5 Å². The van der Waals surface area contributed by atoms with Crippen molar-refractivity contribution < 1.29 is 19.0 Å². The standard InChI is InChI=1S/C15H10Cl2O4/c16-9-5-6-11(10(17)7-9)21-15(18)14-8-19-12-3-1-2-4-13(12)20-14/h1-7,14H,8H2/t14-/m0/s1. The van der Waals surface area contributed by atoms with Crippen LogP contribution >= 0.6 is 23.2 Å². The average Bonchev–Trinajstić information content (AvgIpc) is 2.49. The summed E-state index contributed by atoms with van der Waals surface area (Å²) in [6.07, 6.45) is -0.841. The number of para-hydroxylation sites is 2. The maximum atomic E-state index is 12.1. The first-order chi connectivity index (χ1) is 10.1. The van der Waals surface area contributed by atoms with Crippen molar-refractivity contribution in [2.75, 3.05) is 6.61 Å². The number of hydrogen-bond acceptors (Lipinski definition) is 4. The predicted molar refractivity (Wildman–Crippen MR) is 78.5 cm³/mol. The number of carbonyl (C=O) groups excluding carboxylic acids is 1. The molecule has 0 aliphatic carbocycles. The Balaban J connectivity index is 1.72. The Kier molecular flexibility index (Phi) is 3.90. The molecule has 0 saturated heterocycles. The van der Waals surface area contributed by atoms with E-state index in [-0.39, 0.29) is 17.4 Å². The second-order valence-electron chi connectivity index (χ2n) is 4.36. The minimum absolute atomic E-state index is 0.0844. The van der Waals surface area contributed by atoms with Gasteiger partial charge in [-0.2, -0.15) is 0 Å². The van der Waals surface area contributed by atoms with Crippen molar-refractivity contribution in [3.8, 4) is 17.2 Å². The third kappa shape index (κ3) is 3.06. The lowest BCUT2D eigenvalue weighted by atomic mass is 10.2. The van der Waals surface area contributed by atoms with Crippen LogP contribution in [-0.4, -0.2) is 18.7 Å². The first-order valence-corrected chi connectivity index (χ1v) is 6.94. The molecule has 0 unspecified atom stereocenters. The lowest BCUT2D eigenvalue weighted by Gasteiger charge is -2.24. The zero-order chi connectivity index (χ0) is 14.8. The minimum Gasteiger partial charge on any atom is -0.485 e. The minimum atomic E-state index is -0.841. The number of carbonyl (C=O) groups is 1. The van der Waals surface area contributed by atoms with Crippen molar-refractivity contribution >= 4 is 29.2 Å². The van der Waals surface area contributed by atoms with E-state index in [1.54, 1.807) is 24.3 Å². The van der Waals surface area contributed by atoms with Crippen LogP contribution in [0.25, 0.3) is 0 Å². The van der Waals surface area contributed by atoms with Gasteiger partial charge in [0.1, 0.15) is 12.4 Å². The highest BCUT2D eigenvalue weighted by atomic mass is 35.5. The number of halogens is 2. The topological polar surface area (TPSA) is 44.8 Å². The van der Waals surface area contributed by atoms with Crippen molar-refractivity contribution in [3.05, 3.63) is 52.5 Å². The van der Waals surface area contributed by atoms with Crippen molar-refractivity contribution in [1.82, 2.24) is 0 Å². The van der Waals surface area contributed by atoms with Crippen LogP contribution in [-0.2, 0) is 4.79 Å². The summed E-state index contributed by atoms with van der Waals surface area (Å²) in [6.45, 7) is 0.0844. The molecule has 2 aromatic rings. The molecule has 0 bridgehead atoms. The third-order valence-electron chi connectivity index (χ3n) is 2.88. The van der Waals surface area contributed by atoms with Gasteiger partial charge in [-0.15, -0.1) is 0 Å². The molecule has 108 valence electrons. The van der Waals surface area contributed by atoms with E-state index >= 15 is 0 Å². The van der Waals surface area contributed by atoms with Crippen LogP contribution in [0.2, 0.25) is 10.0 Å². The van der Waals surface area contributed by atoms with Gasteiger partial charge in [-0.25, -0.2) is 4.79 Å². The molecular formula is C15H10Cl2O4. The van der Waals surface area contributed by atoms with Crippen LogP contribution in [0.5, 0.6) is 17.2 Å². The van der Waals surface area contributed by atoms with E-state index in [0.29, 0.717) is 16.5 Å². The highest BCUT2D eigenvalue weighted by Crippen LogP contribution is 2.32. The maximum absolute atomic E-state index is 12.1. The van der Waals surface area contributed by atoms with Gasteiger partial charge in [0.05, 0.1) is 5.02 Å². The Morgan fingerprint density at radius 3 is 2.67 bits per heavy atom. The van der Waals surface area contributed by atoms with Crippen LogP contribution < -0.4 is 14.2 Å². The highest BCUT2D eigenvalue weighted by Gasteiger charge is 2.29. The van der Waals surface area contributed by atoms with Gasteiger partial charge < -0.3 is 14.2 Å². The average molecular weight is 325 g/mol. The molecule has 0 saturated carbocycles. The van der Waals surface area contributed by atoms with Gasteiger partial charge in [-0.1, -0.05) is 35.3 Å². The summed E-state index contributed by atoms with van der Waals surface area (Å²) >= 11 is 11.7. The molecular weight excluding hydrogens is 315 g/mol. The van der Waals surface area contributed by atoms with Crippen LogP contribution in [0.1, 0.15) is 0 Å². The van der Waals surface area contributed by atoms with Crippen molar-refractivity contribution in [3.63, 3.8) is 0 Å². The molecule has 0 N–H and O–H groups in total. The molecule has 21 heavy (non-hydrogen) atoms. The Bertz CT molecular complexity index is 687. The van der Waals surface area contributed by atoms with Crippen LogP contribution in [0.4, 0.5) is 0 Å². The van der Waals surface area contributed by atoms with Gasteiger partial charge in [0.25, 0.3) is 0 Å². The van der Waals surface area contributed by atoms with Crippen molar-refractivity contribution in [2.24, 2.45) is 0 Å². The SMILES string of the molecule is O=C(Oc1ccc(Cl)cc1Cl)[C@@H]1COc2ccccc2O1. The lowest BCUT2D eigenvalue weighted by molar-refractivity contribution is -0.144. The molecule has 0 amide bonds. The molecule has 6 heteroatoms. The fourth-order valence-corrected chi connectivity index (χ4v) is 2.31. The van der Waals surface area contributed by atoms with Crippen LogP contribution in [0.3, 0.4) is 0 Å². The number of benzene rings is 2. The summed E-state index contributed by atoms with van der Waals surface area (Å²) < 4.78 is 16.2. The Labute approximate surface area is 131 Å². The summed E-state index contributed by atoms with van der Waals surface area (Å²) in [5, 5.41) is 0.721. The fraction of sp³-hybridized carbons (Fsp3) is 0.133. The van der Waals surface area contributed by atoms with Gasteiger partial charge in [0, 0.05) is 5.02 Å². The van der Waals surface area contributed by atoms with E-state index in [2.05, 4.69) is 0 Å². The second-order valence-corrected chi connectivity index (χ2v) is 5.20. The number of hydrogen-bond donors (Lipinski definition) is 0. The number of ether oxygens (including phenoxy) is 3. The van der Waals surface area contributed by atoms with E-state index in [4.69, 9.17) is 37.4 Å². The first-order valence-electron chi connectivity index (χ1n) is 6.19. The van der Waals surface area contributed by atoms with Gasteiger partial charge in [0.2, 0.25) is 6.10 Å². The summed E-state index contributed by atoms with van der Waals surface area (Å²) in [6, 6.07) is 11.7. The lowest BCUT2D eigenvalue weighted by Crippen LogP contribution is -2.39. The third-order valence-corrected chi connectivity index (χ3v) is 3.41. The fourth-order valence-electron chi connectivity index (χ4n) is 1.87. The number of esters is 1. The number of rotatable bonds is 2. The van der Waals surface area contributed by atoms with E-state index < -0.39 is 12.1 Å². The molecule has 0 fully saturated rings. The van der Waals surface area contributed by atoms with E-state index in [9.17, 15) is 4.79 Å². The Morgan fingerprint density at radius 1 is 1.14 bits per heavy atom. The molecule has 2 aromatic carbocycles. The normalized spacial score (nSPS) is 16.4. The molecule has 0 spiro atoms. The van der Waals surface area contributed by atoms with E-state index in [1.807, 2.05) is 6.07 Å². The highest BCUT2D eigenvalue weighted by molar-refractivity contribution is 6.35. The van der Waals surface area contributed by atoms with Crippen molar-refractivity contribution in [2.45, 2.75) is 6.10 Å².